The molecular weight excluding hydrogens is 655 g/mol. The molecule has 0 aromatic carbocycles. The number of hydrogen-bond acceptors (Lipinski definition) is 1. The first-order chi connectivity index (χ1) is 22.1. The molecule has 1 N–H and O–H groups in total. The summed E-state index contributed by atoms with van der Waals surface area (Å²) in [5.74, 6) is -0.653. The summed E-state index contributed by atoms with van der Waals surface area (Å²) in [6.45, 7) is 9.25. The fourth-order valence-corrected chi connectivity index (χ4v) is 15.1. The van der Waals surface area contributed by atoms with Gasteiger partial charge in [0.25, 0.3) is 0 Å². The second-order valence-corrected chi connectivity index (χ2v) is 23.0. The fourth-order valence-electron chi connectivity index (χ4n) is 6.49. The van der Waals surface area contributed by atoms with Crippen molar-refractivity contribution >= 4 is 25.7 Å². The summed E-state index contributed by atoms with van der Waals surface area (Å²) in [6.07, 6.45) is 47.1. The van der Waals surface area contributed by atoms with Crippen molar-refractivity contribution in [3.05, 3.63) is 0 Å². The molecule has 0 rings (SSSR count). The summed E-state index contributed by atoms with van der Waals surface area (Å²) in [4.78, 5) is 10.3. The summed E-state index contributed by atoms with van der Waals surface area (Å²) in [6, 6.07) is 0. The Balaban J connectivity index is 0. The second-order valence-electron chi connectivity index (χ2n) is 14.4. The van der Waals surface area contributed by atoms with Gasteiger partial charge in [-0.05, 0) is 6.42 Å². The summed E-state index contributed by atoms with van der Waals surface area (Å²) < 4.78 is 5.16. The van der Waals surface area contributed by atoms with Gasteiger partial charge < -0.3 is 5.11 Å². The van der Waals surface area contributed by atoms with Crippen LogP contribution in [-0.2, 0) is 4.79 Å². The van der Waals surface area contributed by atoms with E-state index in [2.05, 4.69) is 27.7 Å². The molecule has 0 aliphatic heterocycles. The number of hydrogen-bond donors (Lipinski definition) is 1. The van der Waals surface area contributed by atoms with Gasteiger partial charge in [-0.25, -0.2) is 0 Å². The Bertz CT molecular complexity index is 485. The van der Waals surface area contributed by atoms with Gasteiger partial charge in [-0.2, -0.15) is 0 Å². The van der Waals surface area contributed by atoms with Crippen LogP contribution in [0.3, 0.4) is 0 Å². The van der Waals surface area contributed by atoms with Gasteiger partial charge in [0.15, 0.2) is 0 Å². The van der Waals surface area contributed by atoms with Gasteiger partial charge in [-0.1, -0.05) is 96.8 Å². The van der Waals surface area contributed by atoms with Gasteiger partial charge >= 0.3 is 175 Å². The Labute approximate surface area is 293 Å². The van der Waals surface area contributed by atoms with E-state index in [0.29, 0.717) is 6.42 Å². The van der Waals surface area contributed by atoms with Crippen LogP contribution < -0.4 is 0 Å². The van der Waals surface area contributed by atoms with Crippen LogP contribution in [0.15, 0.2) is 0 Å². The summed E-state index contributed by atoms with van der Waals surface area (Å²) in [5, 5.41) is 8.52. The first-order valence-corrected chi connectivity index (χ1v) is 27.2. The van der Waals surface area contributed by atoms with Gasteiger partial charge in [0.05, 0.1) is 0 Å². The normalized spacial score (nSPS) is 11.2. The molecule has 3 heteroatoms. The molecule has 0 aromatic heterocycles. The minimum absolute atomic E-state index is 0.345. The maximum atomic E-state index is 10.3. The number of rotatable bonds is 37. The molecule has 0 spiro atoms. The Morgan fingerprint density at radius 3 is 0.756 bits per heavy atom. The molecule has 0 amide bonds. The molecule has 0 atom stereocenters. The summed E-state index contributed by atoms with van der Waals surface area (Å²) in [7, 11) is 0. The van der Waals surface area contributed by atoms with Gasteiger partial charge in [0.2, 0.25) is 0 Å². The standard InChI is InChI=1S/C18H36O2.3C8H17.Sn/c1-2-3-4-5-6-7-8-9-10-11-12-13-14-15-16-17-18(19)20;3*1-3-5-7-8-6-4-2;/h2-17H2,1H3,(H,19,20);3*1,3-8H2,2H3;. The van der Waals surface area contributed by atoms with E-state index >= 15 is 0 Å². The molecule has 0 saturated carbocycles. The molecule has 2 nitrogen and oxygen atoms in total. The van der Waals surface area contributed by atoms with Gasteiger partial charge in [0.1, 0.15) is 0 Å². The third-order valence-electron chi connectivity index (χ3n) is 9.65. The van der Waals surface area contributed by atoms with Crippen molar-refractivity contribution in [3.63, 3.8) is 0 Å². The SMILES string of the molecule is CCCCCCCCCCCCCCCCCC(=O)O.CCCCCCC[CH2][Sn]([CH2]CCCCCCC)[CH2]CCCCCCC. The van der Waals surface area contributed by atoms with Gasteiger partial charge in [-0.3, -0.25) is 4.79 Å². The van der Waals surface area contributed by atoms with Gasteiger partial charge in [-0.15, -0.1) is 0 Å². The number of carboxylic acids is 1. The first kappa shape index (κ1) is 47.4. The number of unbranched alkanes of at least 4 members (excludes halogenated alkanes) is 29. The summed E-state index contributed by atoms with van der Waals surface area (Å²) in [5.41, 5.74) is 0. The van der Waals surface area contributed by atoms with Crippen LogP contribution in [0.4, 0.5) is 0 Å². The molecule has 0 aromatic rings. The van der Waals surface area contributed by atoms with E-state index in [-0.39, 0.29) is 0 Å². The molecular formula is C42H87O2Sn. The monoisotopic (exact) mass is 744 g/mol. The molecule has 0 aliphatic rings. The van der Waals surface area contributed by atoms with Crippen molar-refractivity contribution in [2.24, 2.45) is 0 Å². The average molecular weight is 743 g/mol. The minimum atomic E-state index is -1.02. The molecule has 0 bridgehead atoms. The third-order valence-corrected chi connectivity index (χ3v) is 18.7. The number of carbonyl (C=O) groups is 1. The molecule has 45 heavy (non-hydrogen) atoms. The molecule has 271 valence electrons. The Morgan fingerprint density at radius 2 is 0.533 bits per heavy atom. The van der Waals surface area contributed by atoms with Crippen molar-refractivity contribution in [1.29, 1.82) is 0 Å². The van der Waals surface area contributed by atoms with E-state index in [1.54, 1.807) is 32.6 Å². The Morgan fingerprint density at radius 1 is 0.333 bits per heavy atom. The van der Waals surface area contributed by atoms with Crippen LogP contribution in [0.5, 0.6) is 0 Å². The summed E-state index contributed by atoms with van der Waals surface area (Å²) >= 11 is -1.02. The van der Waals surface area contributed by atoms with Crippen molar-refractivity contribution in [2.75, 3.05) is 0 Å². The van der Waals surface area contributed by atoms with Crippen LogP contribution in [0.1, 0.15) is 246 Å². The van der Waals surface area contributed by atoms with Crippen LogP contribution in [0.2, 0.25) is 13.3 Å². The van der Waals surface area contributed by atoms with Gasteiger partial charge in [0, 0.05) is 6.42 Å². The van der Waals surface area contributed by atoms with Crippen molar-refractivity contribution < 1.29 is 9.90 Å². The zero-order valence-corrected chi connectivity index (χ0v) is 34.9. The predicted octanol–water partition coefficient (Wildman–Crippen LogP) is 15.9. The van der Waals surface area contributed by atoms with E-state index < -0.39 is 25.7 Å². The third kappa shape index (κ3) is 46.4. The molecule has 0 saturated heterocycles. The van der Waals surface area contributed by atoms with Crippen LogP contribution in [0.25, 0.3) is 0 Å². The first-order valence-electron chi connectivity index (χ1n) is 21.2. The van der Waals surface area contributed by atoms with E-state index in [0.717, 1.165) is 12.8 Å². The van der Waals surface area contributed by atoms with Crippen LogP contribution >= 0.6 is 0 Å². The predicted molar refractivity (Wildman–Crippen MR) is 207 cm³/mol. The quantitative estimate of drug-likeness (QED) is 0.0508. The van der Waals surface area contributed by atoms with Crippen LogP contribution in [-0.4, -0.2) is 30.8 Å². The zero-order chi connectivity index (χ0) is 33.3. The average Bonchev–Trinajstić information content (AvgIpc) is 3.03. The number of carboxylic acid groups (broad SMARTS) is 1. The van der Waals surface area contributed by atoms with Crippen molar-refractivity contribution in [2.45, 2.75) is 259 Å². The maximum absolute atomic E-state index is 10.3. The Hall–Kier alpha value is 0.269. The van der Waals surface area contributed by atoms with Crippen LogP contribution in [0, 0.1) is 0 Å². The van der Waals surface area contributed by atoms with E-state index in [9.17, 15) is 4.79 Å². The van der Waals surface area contributed by atoms with E-state index in [4.69, 9.17) is 5.11 Å². The van der Waals surface area contributed by atoms with E-state index in [1.165, 1.54) is 180 Å². The molecule has 0 unspecified atom stereocenters. The van der Waals surface area contributed by atoms with E-state index in [1.807, 2.05) is 0 Å². The molecule has 0 fully saturated rings. The topological polar surface area (TPSA) is 37.3 Å². The molecule has 1 radical (unpaired) electrons. The van der Waals surface area contributed by atoms with Crippen molar-refractivity contribution in [1.82, 2.24) is 0 Å². The van der Waals surface area contributed by atoms with Crippen molar-refractivity contribution in [3.8, 4) is 0 Å². The molecule has 0 aliphatic carbocycles. The Kier molecular flexibility index (Phi) is 46.6. The number of aliphatic carboxylic acids is 1. The molecule has 0 heterocycles. The zero-order valence-electron chi connectivity index (χ0n) is 32.0. The fraction of sp³-hybridized carbons (Fsp3) is 0.976. The second kappa shape index (κ2) is 44.3.